The molecule has 15 heavy (non-hydrogen) atoms. The van der Waals surface area contributed by atoms with Crippen molar-refractivity contribution in [3.63, 3.8) is 0 Å². The van der Waals surface area contributed by atoms with Crippen molar-refractivity contribution in [2.75, 3.05) is 20.2 Å². The molecule has 1 fully saturated rings. The van der Waals surface area contributed by atoms with E-state index in [2.05, 4.69) is 18.2 Å². The predicted octanol–water partition coefficient (Wildman–Crippen LogP) is 2.32. The van der Waals surface area contributed by atoms with Gasteiger partial charge in [-0.25, -0.2) is 0 Å². The summed E-state index contributed by atoms with van der Waals surface area (Å²) in [5, 5.41) is 3.12. The quantitative estimate of drug-likeness (QED) is 0.393. The summed E-state index contributed by atoms with van der Waals surface area (Å²) in [4.78, 5) is 0. The SMILES string of the molecule is C#CC(CNC)C(OCCCC)=C1CC1. The van der Waals surface area contributed by atoms with Crippen LogP contribution in [-0.2, 0) is 4.74 Å². The van der Waals surface area contributed by atoms with Crippen molar-refractivity contribution in [3.05, 3.63) is 11.3 Å². The maximum absolute atomic E-state index is 5.81. The van der Waals surface area contributed by atoms with Gasteiger partial charge in [-0.05, 0) is 31.9 Å². The molecule has 0 spiro atoms. The molecular formula is C13H21NO. The minimum absolute atomic E-state index is 0.115. The molecule has 1 aliphatic carbocycles. The molecule has 1 N–H and O–H groups in total. The van der Waals surface area contributed by atoms with Crippen molar-refractivity contribution < 1.29 is 4.74 Å². The Balaban J connectivity index is 2.51. The first-order chi connectivity index (χ1) is 7.33. The molecule has 2 heteroatoms. The van der Waals surface area contributed by atoms with Crippen LogP contribution in [0.1, 0.15) is 32.6 Å². The minimum Gasteiger partial charge on any atom is -0.497 e. The number of terminal acetylenes is 1. The highest BCUT2D eigenvalue weighted by Crippen LogP contribution is 2.35. The molecule has 1 aliphatic rings. The van der Waals surface area contributed by atoms with Gasteiger partial charge in [0, 0.05) is 6.54 Å². The Morgan fingerprint density at radius 2 is 2.33 bits per heavy atom. The average Bonchev–Trinajstić information content (AvgIpc) is 3.06. The molecule has 0 saturated heterocycles. The fourth-order valence-electron chi connectivity index (χ4n) is 1.52. The van der Waals surface area contributed by atoms with Crippen LogP contribution in [0.15, 0.2) is 11.3 Å². The molecule has 2 nitrogen and oxygen atoms in total. The van der Waals surface area contributed by atoms with E-state index in [-0.39, 0.29) is 5.92 Å². The molecule has 0 amide bonds. The lowest BCUT2D eigenvalue weighted by molar-refractivity contribution is 0.183. The number of ether oxygens (including phenoxy) is 1. The fraction of sp³-hybridized carbons (Fsp3) is 0.692. The van der Waals surface area contributed by atoms with Crippen molar-refractivity contribution in [2.45, 2.75) is 32.6 Å². The van der Waals surface area contributed by atoms with Crippen LogP contribution in [0.3, 0.4) is 0 Å². The Kier molecular flexibility index (Phi) is 5.28. The van der Waals surface area contributed by atoms with Crippen LogP contribution in [0.5, 0.6) is 0 Å². The van der Waals surface area contributed by atoms with Crippen molar-refractivity contribution in [3.8, 4) is 12.3 Å². The molecule has 1 rings (SSSR count). The number of unbranched alkanes of at least 4 members (excludes halogenated alkanes) is 1. The maximum Gasteiger partial charge on any atom is 0.111 e. The van der Waals surface area contributed by atoms with Crippen molar-refractivity contribution in [1.82, 2.24) is 5.32 Å². The van der Waals surface area contributed by atoms with E-state index in [4.69, 9.17) is 11.2 Å². The summed E-state index contributed by atoms with van der Waals surface area (Å²) in [5.41, 5.74) is 1.42. The van der Waals surface area contributed by atoms with E-state index in [9.17, 15) is 0 Å². The lowest BCUT2D eigenvalue weighted by Gasteiger charge is -2.16. The number of hydrogen-bond donors (Lipinski definition) is 1. The molecule has 0 heterocycles. The van der Waals surface area contributed by atoms with Gasteiger partial charge >= 0.3 is 0 Å². The van der Waals surface area contributed by atoms with Gasteiger partial charge in [-0.3, -0.25) is 0 Å². The van der Waals surface area contributed by atoms with Crippen LogP contribution in [0.25, 0.3) is 0 Å². The molecule has 0 aromatic heterocycles. The Labute approximate surface area is 93.1 Å². The topological polar surface area (TPSA) is 21.3 Å². The molecule has 0 aromatic carbocycles. The Morgan fingerprint density at radius 3 is 2.80 bits per heavy atom. The normalized spacial score (nSPS) is 15.7. The van der Waals surface area contributed by atoms with Crippen molar-refractivity contribution >= 4 is 0 Å². The predicted molar refractivity (Wildman–Crippen MR) is 63.4 cm³/mol. The smallest absolute Gasteiger partial charge is 0.111 e. The molecule has 1 saturated carbocycles. The second kappa shape index (κ2) is 6.53. The average molecular weight is 207 g/mol. The third-order valence-corrected chi connectivity index (χ3v) is 2.53. The summed E-state index contributed by atoms with van der Waals surface area (Å²) in [5.74, 6) is 3.99. The van der Waals surface area contributed by atoms with E-state index in [0.717, 1.165) is 31.8 Å². The van der Waals surface area contributed by atoms with Gasteiger partial charge in [-0.1, -0.05) is 19.3 Å². The first kappa shape index (κ1) is 12.1. The lowest BCUT2D eigenvalue weighted by Crippen LogP contribution is -2.21. The Bertz CT molecular complexity index is 256. The summed E-state index contributed by atoms with van der Waals surface area (Å²) in [6, 6.07) is 0. The molecule has 84 valence electrons. The first-order valence-electron chi connectivity index (χ1n) is 5.78. The maximum atomic E-state index is 5.81. The number of nitrogens with one attached hydrogen (secondary N) is 1. The minimum atomic E-state index is 0.115. The highest BCUT2D eigenvalue weighted by atomic mass is 16.5. The van der Waals surface area contributed by atoms with E-state index in [1.807, 2.05) is 7.05 Å². The van der Waals surface area contributed by atoms with Crippen LogP contribution in [0.4, 0.5) is 0 Å². The largest absolute Gasteiger partial charge is 0.497 e. The molecule has 1 unspecified atom stereocenters. The van der Waals surface area contributed by atoms with Gasteiger partial charge in [-0.15, -0.1) is 6.42 Å². The Morgan fingerprint density at radius 1 is 1.60 bits per heavy atom. The molecule has 0 bridgehead atoms. The van der Waals surface area contributed by atoms with E-state index in [1.54, 1.807) is 0 Å². The first-order valence-corrected chi connectivity index (χ1v) is 5.78. The van der Waals surface area contributed by atoms with Crippen molar-refractivity contribution in [1.29, 1.82) is 0 Å². The summed E-state index contributed by atoms with van der Waals surface area (Å²) in [7, 11) is 1.92. The van der Waals surface area contributed by atoms with Gasteiger partial charge in [0.2, 0.25) is 0 Å². The number of rotatable bonds is 7. The van der Waals surface area contributed by atoms with Crippen molar-refractivity contribution in [2.24, 2.45) is 5.92 Å². The monoisotopic (exact) mass is 207 g/mol. The molecule has 0 aromatic rings. The summed E-state index contributed by atoms with van der Waals surface area (Å²) >= 11 is 0. The van der Waals surface area contributed by atoms with E-state index in [1.165, 1.54) is 18.4 Å². The molecule has 0 aliphatic heterocycles. The third-order valence-electron chi connectivity index (χ3n) is 2.53. The second-order valence-corrected chi connectivity index (χ2v) is 3.95. The van der Waals surface area contributed by atoms with Crippen LogP contribution in [0, 0.1) is 18.3 Å². The van der Waals surface area contributed by atoms with Gasteiger partial charge < -0.3 is 10.1 Å². The summed E-state index contributed by atoms with van der Waals surface area (Å²) in [6.45, 7) is 3.78. The second-order valence-electron chi connectivity index (χ2n) is 3.95. The third kappa shape index (κ3) is 3.97. The summed E-state index contributed by atoms with van der Waals surface area (Å²) < 4.78 is 5.81. The highest BCUT2D eigenvalue weighted by Gasteiger charge is 2.24. The number of hydrogen-bond acceptors (Lipinski definition) is 2. The number of allylic oxidation sites excluding steroid dienone is 1. The zero-order chi connectivity index (χ0) is 11.1. The van der Waals surface area contributed by atoms with E-state index < -0.39 is 0 Å². The highest BCUT2D eigenvalue weighted by molar-refractivity contribution is 5.27. The fourth-order valence-corrected chi connectivity index (χ4v) is 1.52. The zero-order valence-electron chi connectivity index (χ0n) is 9.81. The van der Waals surface area contributed by atoms with Gasteiger partial charge in [0.1, 0.15) is 5.76 Å². The van der Waals surface area contributed by atoms with Crippen LogP contribution in [0.2, 0.25) is 0 Å². The van der Waals surface area contributed by atoms with E-state index >= 15 is 0 Å². The van der Waals surface area contributed by atoms with Gasteiger partial charge in [0.05, 0.1) is 12.5 Å². The lowest BCUT2D eigenvalue weighted by atomic mass is 10.1. The molecular weight excluding hydrogens is 186 g/mol. The van der Waals surface area contributed by atoms with Gasteiger partial charge in [0.25, 0.3) is 0 Å². The molecule has 1 atom stereocenters. The standard InChI is InChI=1S/C13H21NO/c1-4-6-9-15-13(12-7-8-12)11(5-2)10-14-3/h2,11,14H,4,6-10H2,1,3H3. The van der Waals surface area contributed by atoms with Gasteiger partial charge in [0.15, 0.2) is 0 Å². The van der Waals surface area contributed by atoms with Crippen LogP contribution < -0.4 is 5.32 Å². The molecule has 0 radical (unpaired) electrons. The Hall–Kier alpha value is -0.940. The van der Waals surface area contributed by atoms with Gasteiger partial charge in [-0.2, -0.15) is 0 Å². The van der Waals surface area contributed by atoms with Crippen LogP contribution in [-0.4, -0.2) is 20.2 Å². The van der Waals surface area contributed by atoms with E-state index in [0.29, 0.717) is 0 Å². The zero-order valence-corrected chi connectivity index (χ0v) is 9.81. The van der Waals surface area contributed by atoms with Crippen LogP contribution >= 0.6 is 0 Å². The summed E-state index contributed by atoms with van der Waals surface area (Å²) in [6.07, 6.45) is 10.1.